The van der Waals surface area contributed by atoms with Crippen molar-refractivity contribution < 1.29 is 9.53 Å². The number of fused-ring (bicyclic) bond motifs is 1. The van der Waals surface area contributed by atoms with E-state index in [9.17, 15) is 4.79 Å². The third-order valence-electron chi connectivity index (χ3n) is 2.35. The van der Waals surface area contributed by atoms with E-state index in [2.05, 4.69) is 16.6 Å². The average molecular weight is 250 g/mol. The highest BCUT2D eigenvalue weighted by molar-refractivity contribution is 7.99. The van der Waals surface area contributed by atoms with Gasteiger partial charge in [-0.2, -0.15) is 5.10 Å². The lowest BCUT2D eigenvalue weighted by Gasteiger charge is -2.16. The maximum Gasteiger partial charge on any atom is 0.427 e. The van der Waals surface area contributed by atoms with E-state index in [0.29, 0.717) is 6.61 Å². The van der Waals surface area contributed by atoms with Crippen molar-refractivity contribution in [2.24, 2.45) is 5.10 Å². The molecule has 0 atom stereocenters. The van der Waals surface area contributed by atoms with Crippen molar-refractivity contribution in [2.45, 2.75) is 18.2 Å². The van der Waals surface area contributed by atoms with Crippen LogP contribution >= 0.6 is 11.8 Å². The topological polar surface area (TPSA) is 50.7 Å². The number of hydrogen-bond acceptors (Lipinski definition) is 4. The molecule has 0 bridgehead atoms. The number of ether oxygens (including phenoxy) is 1. The normalized spacial score (nSPS) is 16.4. The molecule has 1 heterocycles. The van der Waals surface area contributed by atoms with Crippen LogP contribution in [0.1, 0.15) is 18.9 Å². The summed E-state index contributed by atoms with van der Waals surface area (Å²) in [5.74, 6) is 0.986. The Kier molecular flexibility index (Phi) is 4.03. The molecule has 1 N–H and O–H groups in total. The average Bonchev–Trinajstić information content (AvgIpc) is 2.36. The number of benzene rings is 1. The Bertz CT molecular complexity index is 446. The Hall–Kier alpha value is -1.49. The fourth-order valence-corrected chi connectivity index (χ4v) is 2.65. The first-order chi connectivity index (χ1) is 8.31. The number of nitrogens with zero attached hydrogens (tertiary/aromatic N) is 1. The minimum absolute atomic E-state index is 0.350. The highest BCUT2D eigenvalue weighted by Gasteiger charge is 2.15. The largest absolute Gasteiger partial charge is 0.449 e. The van der Waals surface area contributed by atoms with Crippen LogP contribution in [0, 0.1) is 0 Å². The second-order valence-corrected chi connectivity index (χ2v) is 4.62. The van der Waals surface area contributed by atoms with Crippen LogP contribution in [0.5, 0.6) is 0 Å². The van der Waals surface area contributed by atoms with Crippen molar-refractivity contribution in [1.82, 2.24) is 5.43 Å². The molecule has 17 heavy (non-hydrogen) atoms. The van der Waals surface area contributed by atoms with Crippen LogP contribution in [0.4, 0.5) is 4.79 Å². The predicted molar refractivity (Wildman–Crippen MR) is 68.5 cm³/mol. The summed E-state index contributed by atoms with van der Waals surface area (Å²) in [5.41, 5.74) is 4.42. The molecule has 1 amide bonds. The maximum absolute atomic E-state index is 11.2. The minimum atomic E-state index is -0.504. The van der Waals surface area contributed by atoms with E-state index < -0.39 is 6.09 Å². The standard InChI is InChI=1S/C12H14N2O2S/c1-2-16-12(15)14-13-10-7-8-17-11-6-4-3-5-9(10)11/h3-6H,2,7-8H2,1H3,(H,14,15). The number of nitrogens with one attached hydrogen (secondary N) is 1. The summed E-state index contributed by atoms with van der Waals surface area (Å²) in [4.78, 5) is 12.4. The molecular formula is C12H14N2O2S. The summed E-state index contributed by atoms with van der Waals surface area (Å²) in [6.07, 6.45) is 0.351. The molecule has 0 aliphatic carbocycles. The maximum atomic E-state index is 11.2. The third-order valence-corrected chi connectivity index (χ3v) is 3.43. The smallest absolute Gasteiger partial charge is 0.427 e. The quantitative estimate of drug-likeness (QED) is 0.821. The molecule has 1 aliphatic heterocycles. The lowest BCUT2D eigenvalue weighted by atomic mass is 10.1. The van der Waals surface area contributed by atoms with Crippen molar-refractivity contribution in [2.75, 3.05) is 12.4 Å². The molecule has 0 saturated heterocycles. The highest BCUT2D eigenvalue weighted by atomic mass is 32.2. The third kappa shape index (κ3) is 3.00. The van der Waals surface area contributed by atoms with Gasteiger partial charge in [-0.3, -0.25) is 0 Å². The van der Waals surface area contributed by atoms with E-state index in [0.717, 1.165) is 23.4 Å². The summed E-state index contributed by atoms with van der Waals surface area (Å²) in [7, 11) is 0. The van der Waals surface area contributed by atoms with Crippen LogP contribution in [0.25, 0.3) is 0 Å². The van der Waals surface area contributed by atoms with Gasteiger partial charge in [0, 0.05) is 22.6 Å². The van der Waals surface area contributed by atoms with Crippen LogP contribution in [0.2, 0.25) is 0 Å². The van der Waals surface area contributed by atoms with Gasteiger partial charge in [0.1, 0.15) is 0 Å². The number of amides is 1. The van der Waals surface area contributed by atoms with E-state index in [1.807, 2.05) is 30.0 Å². The van der Waals surface area contributed by atoms with E-state index in [4.69, 9.17) is 4.74 Å². The second kappa shape index (κ2) is 5.72. The second-order valence-electron chi connectivity index (χ2n) is 3.49. The first-order valence-corrected chi connectivity index (χ1v) is 6.51. The number of hydrazone groups is 1. The van der Waals surface area contributed by atoms with Crippen LogP contribution in [-0.2, 0) is 4.74 Å². The van der Waals surface area contributed by atoms with Gasteiger partial charge in [0.15, 0.2) is 0 Å². The first kappa shape index (κ1) is 12.0. The van der Waals surface area contributed by atoms with Gasteiger partial charge >= 0.3 is 6.09 Å². The van der Waals surface area contributed by atoms with Crippen LogP contribution in [0.3, 0.4) is 0 Å². The lowest BCUT2D eigenvalue weighted by molar-refractivity contribution is 0.152. The Balaban J connectivity index is 2.12. The van der Waals surface area contributed by atoms with Crippen LogP contribution in [-0.4, -0.2) is 24.2 Å². The molecule has 4 nitrogen and oxygen atoms in total. The molecule has 0 fully saturated rings. The Morgan fingerprint density at radius 1 is 1.53 bits per heavy atom. The van der Waals surface area contributed by atoms with Crippen molar-refractivity contribution in [1.29, 1.82) is 0 Å². The lowest BCUT2D eigenvalue weighted by Crippen LogP contribution is -2.22. The zero-order valence-corrected chi connectivity index (χ0v) is 10.4. The summed E-state index contributed by atoms with van der Waals surface area (Å²) in [6.45, 7) is 2.11. The molecule has 1 aromatic carbocycles. The number of hydrogen-bond donors (Lipinski definition) is 1. The molecule has 1 aliphatic rings. The molecule has 0 unspecified atom stereocenters. The number of carbonyl (C=O) groups is 1. The Labute approximate surface area is 104 Å². The van der Waals surface area contributed by atoms with Crippen molar-refractivity contribution in [3.8, 4) is 0 Å². The van der Waals surface area contributed by atoms with E-state index >= 15 is 0 Å². The SMILES string of the molecule is CCOC(=O)NN=C1CCSc2ccccc21. The van der Waals surface area contributed by atoms with Crippen molar-refractivity contribution in [3.05, 3.63) is 29.8 Å². The van der Waals surface area contributed by atoms with Gasteiger partial charge in [0.25, 0.3) is 0 Å². The zero-order valence-electron chi connectivity index (χ0n) is 9.60. The molecule has 0 radical (unpaired) electrons. The molecular weight excluding hydrogens is 236 g/mol. The Morgan fingerprint density at radius 2 is 2.35 bits per heavy atom. The van der Waals surface area contributed by atoms with Crippen LogP contribution < -0.4 is 5.43 Å². The number of thioether (sulfide) groups is 1. The van der Waals surface area contributed by atoms with Gasteiger partial charge < -0.3 is 4.74 Å². The monoisotopic (exact) mass is 250 g/mol. The van der Waals surface area contributed by atoms with Crippen LogP contribution in [0.15, 0.2) is 34.3 Å². The summed E-state index contributed by atoms with van der Waals surface area (Å²) < 4.78 is 4.76. The summed E-state index contributed by atoms with van der Waals surface area (Å²) in [6, 6.07) is 8.07. The van der Waals surface area contributed by atoms with E-state index in [-0.39, 0.29) is 0 Å². The van der Waals surface area contributed by atoms with Crippen molar-refractivity contribution >= 4 is 23.6 Å². The van der Waals surface area contributed by atoms with Gasteiger partial charge in [0.05, 0.1) is 12.3 Å². The van der Waals surface area contributed by atoms with Gasteiger partial charge in [-0.1, -0.05) is 18.2 Å². The molecule has 0 aromatic heterocycles. The molecule has 2 rings (SSSR count). The summed E-state index contributed by atoms with van der Waals surface area (Å²) in [5, 5.41) is 4.12. The van der Waals surface area contributed by atoms with Gasteiger partial charge in [-0.25, -0.2) is 10.2 Å². The van der Waals surface area contributed by atoms with Gasteiger partial charge in [-0.05, 0) is 13.0 Å². The molecule has 90 valence electrons. The fraction of sp³-hybridized carbons (Fsp3) is 0.333. The van der Waals surface area contributed by atoms with Crippen molar-refractivity contribution in [3.63, 3.8) is 0 Å². The van der Waals surface area contributed by atoms with Gasteiger partial charge in [0.2, 0.25) is 0 Å². The minimum Gasteiger partial charge on any atom is -0.449 e. The summed E-state index contributed by atoms with van der Waals surface area (Å²) >= 11 is 1.81. The van der Waals surface area contributed by atoms with Gasteiger partial charge in [-0.15, -0.1) is 11.8 Å². The number of carbonyl (C=O) groups excluding carboxylic acids is 1. The van der Waals surface area contributed by atoms with E-state index in [1.54, 1.807) is 6.92 Å². The first-order valence-electron chi connectivity index (χ1n) is 5.52. The predicted octanol–water partition coefficient (Wildman–Crippen LogP) is 2.63. The molecule has 1 aromatic rings. The Morgan fingerprint density at radius 3 is 3.18 bits per heavy atom. The highest BCUT2D eigenvalue weighted by Crippen LogP contribution is 2.29. The molecule has 0 saturated carbocycles. The molecule has 5 heteroatoms. The zero-order chi connectivity index (χ0) is 12.1. The number of rotatable bonds is 2. The van der Waals surface area contributed by atoms with E-state index in [1.165, 1.54) is 4.90 Å². The fourth-order valence-electron chi connectivity index (χ4n) is 1.62. The molecule has 0 spiro atoms.